The number of halogens is 1. The van der Waals surface area contributed by atoms with Crippen molar-refractivity contribution < 1.29 is 13.9 Å². The maximum Gasteiger partial charge on any atom is 0.170 e. The lowest BCUT2D eigenvalue weighted by Crippen LogP contribution is -2.46. The molecule has 1 aromatic heterocycles. The molecule has 0 unspecified atom stereocenters. The van der Waals surface area contributed by atoms with Gasteiger partial charge in [-0.3, -0.25) is 4.99 Å². The Hall–Kier alpha value is -2.85. The van der Waals surface area contributed by atoms with E-state index in [0.29, 0.717) is 32.0 Å². The van der Waals surface area contributed by atoms with Gasteiger partial charge in [0.15, 0.2) is 11.5 Å². The third-order valence-corrected chi connectivity index (χ3v) is 6.62. The minimum Gasteiger partial charge on any atom is -0.486 e. The predicted octanol–water partition coefficient (Wildman–Crippen LogP) is 3.50. The summed E-state index contributed by atoms with van der Waals surface area (Å²) in [6.07, 6.45) is 6.02. The molecule has 2 aromatic rings. The van der Waals surface area contributed by atoms with E-state index in [1.807, 2.05) is 30.8 Å². The minimum atomic E-state index is -1.43. The molecule has 10 heteroatoms. The summed E-state index contributed by atoms with van der Waals surface area (Å²) < 4.78 is 27.7. The first kappa shape index (κ1) is 27.7. The lowest BCUT2D eigenvalue weighted by molar-refractivity contribution is 0.0830. The highest BCUT2D eigenvalue weighted by Gasteiger charge is 2.38. The van der Waals surface area contributed by atoms with Gasteiger partial charge in [0.25, 0.3) is 0 Å². The summed E-state index contributed by atoms with van der Waals surface area (Å²) in [4.78, 5) is 6.49. The number of hydrogen-bond donors (Lipinski definition) is 1. The smallest absolute Gasteiger partial charge is 0.170 e. The Labute approximate surface area is 213 Å². The summed E-state index contributed by atoms with van der Waals surface area (Å²) in [6, 6.07) is 8.27. The van der Waals surface area contributed by atoms with Gasteiger partial charge in [-0.25, -0.2) is 4.39 Å². The number of likely N-dealkylation sites (tertiary alicyclic amines) is 1. The first-order valence-corrected chi connectivity index (χ1v) is 12.6. The van der Waals surface area contributed by atoms with Gasteiger partial charge in [0.05, 0.1) is 12.6 Å². The Morgan fingerprint density at radius 1 is 1.33 bits per heavy atom. The number of aliphatic imine (C=N–C) groups is 1. The standard InChI is InChI=1S/C13H23FN4O.C13H17N3O/c1-18-6-4-13(14,5-7-18)12(17-15)9-16-11-3-2-8-19-10-11;1-10(2)11-5-4-6-12(7-11)17-8-13-15-14-9-16(13)3/h9,11H,2-8,10,15H2,1H3;4-7,9-10H,8H2,1-3H3/b16-9?,17-12+;/t11-;/m0./s1. The molecule has 0 saturated carbocycles. The van der Waals surface area contributed by atoms with Crippen molar-refractivity contribution in [3.63, 3.8) is 0 Å². The van der Waals surface area contributed by atoms with Crippen LogP contribution in [0.1, 0.15) is 56.8 Å². The molecule has 1 aromatic carbocycles. The van der Waals surface area contributed by atoms with Crippen LogP contribution in [0.4, 0.5) is 4.39 Å². The molecule has 2 N–H and O–H groups in total. The molecule has 198 valence electrons. The summed E-state index contributed by atoms with van der Waals surface area (Å²) in [7, 11) is 3.90. The lowest BCUT2D eigenvalue weighted by atomic mass is 9.89. The van der Waals surface area contributed by atoms with Crippen LogP contribution in [0.5, 0.6) is 5.75 Å². The molecule has 1 atom stereocenters. The molecule has 2 aliphatic rings. The van der Waals surface area contributed by atoms with Crippen LogP contribution in [0.15, 0.2) is 40.7 Å². The van der Waals surface area contributed by atoms with Gasteiger partial charge in [-0.1, -0.05) is 26.0 Å². The molecule has 2 saturated heterocycles. The first-order valence-electron chi connectivity index (χ1n) is 12.6. The number of hydrazone groups is 1. The van der Waals surface area contributed by atoms with Crippen LogP contribution in [-0.2, 0) is 18.4 Å². The monoisotopic (exact) mass is 501 g/mol. The van der Waals surface area contributed by atoms with E-state index in [1.54, 1.807) is 6.33 Å². The van der Waals surface area contributed by atoms with E-state index in [2.05, 4.69) is 51.2 Å². The van der Waals surface area contributed by atoms with Crippen LogP contribution in [-0.4, -0.2) is 76.7 Å². The molecule has 4 rings (SSSR count). The average molecular weight is 502 g/mol. The van der Waals surface area contributed by atoms with Crippen LogP contribution in [0.3, 0.4) is 0 Å². The summed E-state index contributed by atoms with van der Waals surface area (Å²) in [5.41, 5.74) is 0.118. The molecule has 0 spiro atoms. The Bertz CT molecular complexity index is 994. The summed E-state index contributed by atoms with van der Waals surface area (Å²) in [6.45, 7) is 7.62. The van der Waals surface area contributed by atoms with Gasteiger partial charge in [-0.05, 0) is 43.5 Å². The molecule has 0 amide bonds. The molecule has 2 aliphatic heterocycles. The fraction of sp³-hybridized carbons (Fsp3) is 0.615. The molecule has 0 bridgehead atoms. The molecule has 9 nitrogen and oxygen atoms in total. The average Bonchev–Trinajstić information content (AvgIpc) is 3.31. The fourth-order valence-electron chi connectivity index (χ4n) is 4.06. The van der Waals surface area contributed by atoms with Crippen molar-refractivity contribution in [2.45, 2.75) is 63.8 Å². The zero-order valence-electron chi connectivity index (χ0n) is 21.9. The number of piperidine rings is 1. The highest BCUT2D eigenvalue weighted by atomic mass is 19.1. The number of hydrogen-bond acceptors (Lipinski definition) is 8. The van der Waals surface area contributed by atoms with Gasteiger partial charge in [0.1, 0.15) is 24.4 Å². The quantitative estimate of drug-likeness (QED) is 0.354. The van der Waals surface area contributed by atoms with Gasteiger partial charge < -0.3 is 24.8 Å². The van der Waals surface area contributed by atoms with Crippen molar-refractivity contribution in [3.05, 3.63) is 42.0 Å². The van der Waals surface area contributed by atoms with Crippen molar-refractivity contribution in [1.82, 2.24) is 19.7 Å². The Morgan fingerprint density at radius 3 is 2.72 bits per heavy atom. The second-order valence-corrected chi connectivity index (χ2v) is 9.81. The Morgan fingerprint density at radius 2 is 2.11 bits per heavy atom. The number of benzene rings is 1. The number of aromatic nitrogens is 3. The van der Waals surface area contributed by atoms with Gasteiger partial charge in [0.2, 0.25) is 0 Å². The number of nitrogens with two attached hydrogens (primary N) is 1. The van der Waals surface area contributed by atoms with Crippen LogP contribution in [0, 0.1) is 0 Å². The van der Waals surface area contributed by atoms with Crippen molar-refractivity contribution in [3.8, 4) is 5.75 Å². The highest BCUT2D eigenvalue weighted by Crippen LogP contribution is 2.27. The largest absolute Gasteiger partial charge is 0.486 e. The van der Waals surface area contributed by atoms with E-state index >= 15 is 0 Å². The van der Waals surface area contributed by atoms with Crippen molar-refractivity contribution in [2.24, 2.45) is 23.0 Å². The fourth-order valence-corrected chi connectivity index (χ4v) is 4.06. The summed E-state index contributed by atoms with van der Waals surface area (Å²) >= 11 is 0. The minimum absolute atomic E-state index is 0.111. The van der Waals surface area contributed by atoms with Crippen LogP contribution >= 0.6 is 0 Å². The number of nitrogens with zero attached hydrogens (tertiary/aromatic N) is 6. The number of ether oxygens (including phenoxy) is 2. The number of aryl methyl sites for hydroxylation is 1. The molecular formula is C26H40FN7O2. The zero-order valence-corrected chi connectivity index (χ0v) is 21.9. The highest BCUT2D eigenvalue weighted by molar-refractivity contribution is 6.34. The van der Waals surface area contributed by atoms with E-state index in [4.69, 9.17) is 15.3 Å². The summed E-state index contributed by atoms with van der Waals surface area (Å²) in [5.74, 6) is 7.55. The molecule has 36 heavy (non-hydrogen) atoms. The predicted molar refractivity (Wildman–Crippen MR) is 140 cm³/mol. The van der Waals surface area contributed by atoms with Crippen molar-refractivity contribution in [2.75, 3.05) is 33.4 Å². The van der Waals surface area contributed by atoms with E-state index in [0.717, 1.165) is 44.1 Å². The van der Waals surface area contributed by atoms with E-state index in [9.17, 15) is 4.39 Å². The van der Waals surface area contributed by atoms with E-state index in [-0.39, 0.29) is 11.8 Å². The van der Waals surface area contributed by atoms with Crippen molar-refractivity contribution in [1.29, 1.82) is 0 Å². The molecular weight excluding hydrogens is 461 g/mol. The Kier molecular flexibility index (Phi) is 10.4. The SMILES string of the molecule is CC(C)c1cccc(OCc2nncn2C)c1.CN1CCC(F)(/C(C=N[C@H]2CCCOC2)=N/N)CC1. The normalized spacial score (nSPS) is 20.8. The van der Waals surface area contributed by atoms with E-state index < -0.39 is 5.67 Å². The second-order valence-electron chi connectivity index (χ2n) is 9.81. The van der Waals surface area contributed by atoms with Crippen LogP contribution in [0.2, 0.25) is 0 Å². The zero-order chi connectivity index (χ0) is 26.0. The van der Waals surface area contributed by atoms with Crippen LogP contribution in [0.25, 0.3) is 0 Å². The van der Waals surface area contributed by atoms with Gasteiger partial charge in [-0.2, -0.15) is 5.10 Å². The van der Waals surface area contributed by atoms with Gasteiger partial charge >= 0.3 is 0 Å². The first-order chi connectivity index (χ1) is 17.3. The van der Waals surface area contributed by atoms with Gasteiger partial charge in [0, 0.05) is 45.8 Å². The molecule has 0 radical (unpaired) electrons. The molecule has 2 fully saturated rings. The van der Waals surface area contributed by atoms with Crippen LogP contribution < -0.4 is 10.6 Å². The molecule has 0 aliphatic carbocycles. The maximum atomic E-state index is 14.8. The topological polar surface area (TPSA) is 103 Å². The number of alkyl halides is 1. The Balaban J connectivity index is 0.000000202. The lowest BCUT2D eigenvalue weighted by Gasteiger charge is -2.34. The maximum absolute atomic E-state index is 14.8. The van der Waals surface area contributed by atoms with E-state index in [1.165, 1.54) is 11.8 Å². The van der Waals surface area contributed by atoms with Gasteiger partial charge in [-0.15, -0.1) is 10.2 Å². The molecule has 3 heterocycles. The second kappa shape index (κ2) is 13.5. The third-order valence-electron chi connectivity index (χ3n) is 6.62. The van der Waals surface area contributed by atoms with Crippen molar-refractivity contribution >= 4 is 11.9 Å². The third kappa shape index (κ3) is 8.09. The number of rotatable bonds is 7. The summed E-state index contributed by atoms with van der Waals surface area (Å²) in [5, 5.41) is 11.4.